The molecule has 0 aliphatic carbocycles. The molecule has 0 bridgehead atoms. The minimum Gasteiger partial charge on any atom is -0.462 e. The molecule has 0 unspecified atom stereocenters. The van der Waals surface area contributed by atoms with E-state index in [1.807, 2.05) is 70.5 Å². The maximum atomic E-state index is 14.1. The van der Waals surface area contributed by atoms with Gasteiger partial charge < -0.3 is 64.8 Å². The number of nitrogens with two attached hydrogens (primary N) is 1. The van der Waals surface area contributed by atoms with Gasteiger partial charge in [0, 0.05) is 68.4 Å². The average Bonchev–Trinajstić information content (AvgIpc) is 3.06. The number of fused-ring (bicyclic) bond motifs is 2. The summed E-state index contributed by atoms with van der Waals surface area (Å²) in [5, 5.41) is 28.5. The second-order valence-electron chi connectivity index (χ2n) is 23.2. The first-order valence-electron chi connectivity index (χ1n) is 29.0. The Labute approximate surface area is 495 Å². The van der Waals surface area contributed by atoms with Gasteiger partial charge in [0.05, 0.1) is 105 Å². The standard InChI is InChI=1S/C61H80N12O10S/c1-39(41-14-16-43(17-15-41)54-40(2)64-38-84-54)65-57(76)52-31-46(74)33-73(52)58(77)55(61(3,4)5)67-53(75)37-81-27-26-79-24-25-80-28-29-82-47-30-45(69(6)34-47)36-83-60-66-50-35-70(51-13-9-11-42-10-7-8-12-48(42)51)21-19-49(50)56(68-60)71-22-23-72(59(63)78)44(32-71)18-20-62/h7-17,38-39,44-47,52,55,74H,18-19,21-37H2,1-6H3,(H2,63,78)(H,65,76)(H,67,75)/t39-,44-,45-,46+,47+,52-,55+/m0/s1. The molecule has 3 fully saturated rings. The van der Waals surface area contributed by atoms with Gasteiger partial charge in [-0.25, -0.2) is 9.78 Å². The number of β-amino-alcohol motifs (C(OH)–C–C–N with tert-alkyl or cyclic N) is 1. The number of carbonyl (C=O) groups is 4. The molecule has 84 heavy (non-hydrogen) atoms. The van der Waals surface area contributed by atoms with Gasteiger partial charge in [0.15, 0.2) is 0 Å². The van der Waals surface area contributed by atoms with Crippen LogP contribution in [0.15, 0.2) is 72.2 Å². The van der Waals surface area contributed by atoms with Crippen LogP contribution in [0, 0.1) is 23.7 Å². The van der Waals surface area contributed by atoms with Crippen LogP contribution in [0.4, 0.5) is 16.3 Å². The SMILES string of the molecule is Cc1ncsc1-c1ccc([C@H](C)NC(=O)[C@@H]2C[C@@H](O)CN2C(=O)[C@@H](NC(=O)COCCOCCOCCO[C@@H]2C[C@@H](COc3nc4c(c(N5CCN(C(N)=O)[C@@H](CC#N)C5)n3)CCN(c3cccc5ccccc35)C4)N(C)C2)C(C)(C)C)cc1. The largest absolute Gasteiger partial charge is 0.462 e. The van der Waals surface area contributed by atoms with Gasteiger partial charge in [-0.05, 0) is 61.7 Å². The summed E-state index contributed by atoms with van der Waals surface area (Å²) in [6, 6.07) is 22.1. The molecular weight excluding hydrogens is 1090 g/mol. The first kappa shape index (κ1) is 61.5. The van der Waals surface area contributed by atoms with Crippen molar-refractivity contribution in [2.75, 3.05) is 109 Å². The van der Waals surface area contributed by atoms with Crippen molar-refractivity contribution in [2.24, 2.45) is 11.1 Å². The van der Waals surface area contributed by atoms with E-state index in [9.17, 15) is 29.5 Å². The normalized spacial score (nSPS) is 20.8. The smallest absolute Gasteiger partial charge is 0.318 e. The van der Waals surface area contributed by atoms with Gasteiger partial charge in [0.25, 0.3) is 0 Å². The highest BCUT2D eigenvalue weighted by atomic mass is 32.1. The summed E-state index contributed by atoms with van der Waals surface area (Å²) in [5.41, 5.74) is 12.8. The molecule has 23 heteroatoms. The molecule has 4 aliphatic rings. The van der Waals surface area contributed by atoms with E-state index in [0.717, 1.165) is 64.0 Å². The van der Waals surface area contributed by atoms with Crippen LogP contribution < -0.4 is 30.9 Å². The Morgan fingerprint density at radius 1 is 0.857 bits per heavy atom. The van der Waals surface area contributed by atoms with E-state index >= 15 is 0 Å². The summed E-state index contributed by atoms with van der Waals surface area (Å²) < 4.78 is 29.8. The first-order chi connectivity index (χ1) is 40.4. The Morgan fingerprint density at radius 3 is 2.32 bits per heavy atom. The number of rotatable bonds is 24. The zero-order valence-corrected chi connectivity index (χ0v) is 49.9. The summed E-state index contributed by atoms with van der Waals surface area (Å²) in [7, 11) is 2.05. The van der Waals surface area contributed by atoms with E-state index in [2.05, 4.69) is 79.8 Å². The number of hydrogen-bond acceptors (Lipinski definition) is 18. The maximum absolute atomic E-state index is 14.1. The average molecular weight is 1170 g/mol. The summed E-state index contributed by atoms with van der Waals surface area (Å²) in [6.07, 6.45) is 0.779. The number of urea groups is 1. The number of thiazole rings is 1. The third-order valence-electron chi connectivity index (χ3n) is 16.2. The van der Waals surface area contributed by atoms with Crippen LogP contribution >= 0.6 is 11.3 Å². The molecule has 5 N–H and O–H groups in total. The van der Waals surface area contributed by atoms with E-state index in [0.29, 0.717) is 65.6 Å². The fraction of sp³-hybridized carbons (Fsp3) is 0.541. The van der Waals surface area contributed by atoms with Crippen molar-refractivity contribution in [1.29, 1.82) is 5.26 Å². The van der Waals surface area contributed by atoms with Gasteiger partial charge in [-0.15, -0.1) is 11.3 Å². The first-order valence-corrected chi connectivity index (χ1v) is 29.9. The van der Waals surface area contributed by atoms with E-state index < -0.39 is 41.4 Å². The highest BCUT2D eigenvalue weighted by Crippen LogP contribution is 2.36. The van der Waals surface area contributed by atoms with Crippen LogP contribution in [0.1, 0.15) is 75.5 Å². The molecule has 0 saturated carbocycles. The molecular formula is C61H80N12O10S. The van der Waals surface area contributed by atoms with Crippen molar-refractivity contribution < 1.29 is 48.0 Å². The minimum atomic E-state index is -0.987. The second kappa shape index (κ2) is 28.2. The van der Waals surface area contributed by atoms with Gasteiger partial charge in [-0.1, -0.05) is 81.4 Å². The van der Waals surface area contributed by atoms with Crippen LogP contribution in [0.5, 0.6) is 6.01 Å². The highest BCUT2D eigenvalue weighted by molar-refractivity contribution is 7.13. The second-order valence-corrected chi connectivity index (χ2v) is 24.1. The highest BCUT2D eigenvalue weighted by Gasteiger charge is 2.45. The van der Waals surface area contributed by atoms with Gasteiger partial charge in [-0.3, -0.25) is 19.3 Å². The number of nitrogens with zero attached hydrogens (tertiary/aromatic N) is 9. The Hall–Kier alpha value is -7.04. The molecule has 9 rings (SSSR count). The van der Waals surface area contributed by atoms with Crippen LogP contribution in [-0.2, 0) is 46.3 Å². The van der Waals surface area contributed by atoms with Gasteiger partial charge in [0.1, 0.15) is 31.1 Å². The number of aliphatic hydroxyl groups excluding tert-OH is 1. The molecule has 3 saturated heterocycles. The van der Waals surface area contributed by atoms with Crippen LogP contribution in [0.2, 0.25) is 0 Å². The number of anilines is 2. The molecule has 450 valence electrons. The zero-order chi connectivity index (χ0) is 59.5. The quantitative estimate of drug-likeness (QED) is 0.0593. The summed E-state index contributed by atoms with van der Waals surface area (Å²) in [4.78, 5) is 78.4. The number of likely N-dealkylation sites (N-methyl/N-ethyl adjacent to an activating group) is 1. The van der Waals surface area contributed by atoms with Crippen molar-refractivity contribution in [3.8, 4) is 22.5 Å². The van der Waals surface area contributed by atoms with Gasteiger partial charge in [0.2, 0.25) is 17.7 Å². The number of aliphatic hydroxyl groups is 1. The molecule has 5 aromatic rings. The number of nitriles is 1. The molecule has 0 radical (unpaired) electrons. The van der Waals surface area contributed by atoms with Crippen LogP contribution in [0.3, 0.4) is 0 Å². The molecule has 4 aliphatic heterocycles. The number of nitrogens with one attached hydrogen (secondary N) is 2. The monoisotopic (exact) mass is 1170 g/mol. The molecule has 0 spiro atoms. The summed E-state index contributed by atoms with van der Waals surface area (Å²) >= 11 is 1.57. The number of primary amides is 1. The lowest BCUT2D eigenvalue weighted by Crippen LogP contribution is -2.58. The van der Waals surface area contributed by atoms with Crippen LogP contribution in [0.25, 0.3) is 21.2 Å². The zero-order valence-electron chi connectivity index (χ0n) is 49.0. The molecule has 5 amide bonds. The fourth-order valence-electron chi connectivity index (χ4n) is 11.6. The van der Waals surface area contributed by atoms with Crippen LogP contribution in [-0.4, -0.2) is 194 Å². The number of piperazine rings is 1. The summed E-state index contributed by atoms with van der Waals surface area (Å²) in [6.45, 7) is 14.5. The van der Waals surface area contributed by atoms with Gasteiger partial charge in [-0.2, -0.15) is 15.2 Å². The molecule has 6 heterocycles. The molecule has 7 atom stereocenters. The van der Waals surface area contributed by atoms with Crippen molar-refractivity contribution in [2.45, 2.75) is 109 Å². The van der Waals surface area contributed by atoms with Gasteiger partial charge >= 0.3 is 12.0 Å². The lowest BCUT2D eigenvalue weighted by atomic mass is 9.85. The Bertz CT molecular complexity index is 3110. The molecule has 3 aromatic carbocycles. The lowest BCUT2D eigenvalue weighted by Gasteiger charge is -2.41. The van der Waals surface area contributed by atoms with Crippen molar-refractivity contribution in [3.05, 3.63) is 94.8 Å². The molecule has 22 nitrogen and oxygen atoms in total. The molecule has 2 aromatic heterocycles. The number of aromatic nitrogens is 3. The predicted molar refractivity (Wildman–Crippen MR) is 318 cm³/mol. The number of benzene rings is 3. The van der Waals surface area contributed by atoms with E-state index in [1.54, 1.807) is 16.2 Å². The third kappa shape index (κ3) is 15.3. The predicted octanol–water partition coefficient (Wildman–Crippen LogP) is 5.00. The van der Waals surface area contributed by atoms with Crippen molar-refractivity contribution in [1.82, 2.24) is 40.3 Å². The Morgan fingerprint density at radius 2 is 1.60 bits per heavy atom. The fourth-order valence-corrected chi connectivity index (χ4v) is 12.4. The van der Waals surface area contributed by atoms with E-state index in [1.165, 1.54) is 15.7 Å². The van der Waals surface area contributed by atoms with Crippen molar-refractivity contribution >= 4 is 57.4 Å². The van der Waals surface area contributed by atoms with Crippen molar-refractivity contribution in [3.63, 3.8) is 0 Å². The summed E-state index contributed by atoms with van der Waals surface area (Å²) in [5.74, 6) is -0.553. The maximum Gasteiger partial charge on any atom is 0.318 e. The third-order valence-corrected chi connectivity index (χ3v) is 17.2. The number of ether oxygens (including phenoxy) is 5. The number of amides is 5. The minimum absolute atomic E-state index is 0.0252. The Kier molecular flexibility index (Phi) is 20.7. The van der Waals surface area contributed by atoms with E-state index in [4.69, 9.17) is 39.4 Å². The topological polar surface area (TPSA) is 263 Å². The lowest BCUT2D eigenvalue weighted by molar-refractivity contribution is -0.144. The van der Waals surface area contributed by atoms with E-state index in [-0.39, 0.29) is 75.4 Å². The number of carbonyl (C=O) groups excluding carboxylic acids is 4. The number of likely N-dealkylation sites (tertiary alicyclic amines) is 2. The number of hydrogen-bond donors (Lipinski definition) is 4. The Balaban J connectivity index is 0.675. The number of aryl methyl sites for hydroxylation is 1.